The Bertz CT molecular complexity index is 657. The number of nitrogens with zero attached hydrogens (tertiary/aromatic N) is 1. The fraction of sp³-hybridized carbons (Fsp3) is 0.556. The van der Waals surface area contributed by atoms with Crippen LogP contribution in [0.25, 0.3) is 0 Å². The number of fused-ring (bicyclic) bond motifs is 1. The van der Waals surface area contributed by atoms with Crippen LogP contribution in [0, 0.1) is 17.8 Å². The highest BCUT2D eigenvalue weighted by Gasteiger charge is 2.60. The van der Waals surface area contributed by atoms with E-state index in [2.05, 4.69) is 5.32 Å². The van der Waals surface area contributed by atoms with Crippen molar-refractivity contribution in [2.24, 2.45) is 17.8 Å². The summed E-state index contributed by atoms with van der Waals surface area (Å²) in [6, 6.07) is 6.76. The number of urea groups is 1. The van der Waals surface area contributed by atoms with Crippen LogP contribution in [0.2, 0.25) is 0 Å². The van der Waals surface area contributed by atoms with Gasteiger partial charge in [0.2, 0.25) is 0 Å². The molecule has 1 aliphatic heterocycles. The highest BCUT2D eigenvalue weighted by Crippen LogP contribution is 2.55. The minimum Gasteiger partial charge on any atom is -0.478 e. The maximum absolute atomic E-state index is 12.6. The number of hydrogen-bond acceptors (Lipinski definition) is 3. The molecule has 2 N–H and O–H groups in total. The lowest BCUT2D eigenvalue weighted by Gasteiger charge is -2.31. The Morgan fingerprint density at radius 3 is 2.67 bits per heavy atom. The Labute approximate surface area is 140 Å². The molecule has 3 fully saturated rings. The molecule has 0 radical (unpaired) electrons. The topological polar surface area (TPSA) is 78.9 Å². The average molecular weight is 330 g/mol. The second-order valence-electron chi connectivity index (χ2n) is 7.16. The normalized spacial score (nSPS) is 33.0. The van der Waals surface area contributed by atoms with Gasteiger partial charge in [-0.3, -0.25) is 0 Å². The predicted octanol–water partition coefficient (Wildman–Crippen LogP) is 1.95. The molecule has 2 saturated carbocycles. The second kappa shape index (κ2) is 5.77. The molecule has 2 aliphatic carbocycles. The maximum Gasteiger partial charge on any atom is 0.335 e. The fourth-order valence-electron chi connectivity index (χ4n) is 5.00. The molecular weight excluding hydrogens is 308 g/mol. The molecule has 1 aromatic carbocycles. The first kappa shape index (κ1) is 15.4. The number of carbonyl (C=O) groups is 2. The van der Waals surface area contributed by atoms with Gasteiger partial charge in [-0.1, -0.05) is 12.1 Å². The maximum atomic E-state index is 12.6. The molecule has 6 heteroatoms. The van der Waals surface area contributed by atoms with Crippen molar-refractivity contribution in [3.63, 3.8) is 0 Å². The number of carboxylic acids is 1. The van der Waals surface area contributed by atoms with Gasteiger partial charge < -0.3 is 20.1 Å². The van der Waals surface area contributed by atoms with Crippen LogP contribution in [0.5, 0.6) is 0 Å². The van der Waals surface area contributed by atoms with Crippen LogP contribution in [-0.4, -0.2) is 47.8 Å². The smallest absolute Gasteiger partial charge is 0.335 e. The summed E-state index contributed by atoms with van der Waals surface area (Å²) >= 11 is 0. The van der Waals surface area contributed by atoms with Crippen LogP contribution >= 0.6 is 0 Å². The van der Waals surface area contributed by atoms with Crippen LogP contribution in [0.15, 0.2) is 24.3 Å². The fourth-order valence-corrected chi connectivity index (χ4v) is 5.00. The zero-order chi connectivity index (χ0) is 16.8. The van der Waals surface area contributed by atoms with Crippen molar-refractivity contribution in [3.05, 3.63) is 35.4 Å². The lowest BCUT2D eigenvalue weighted by Crippen LogP contribution is -2.48. The van der Waals surface area contributed by atoms with Crippen molar-refractivity contribution in [3.8, 4) is 0 Å². The number of amides is 2. The van der Waals surface area contributed by atoms with Crippen molar-refractivity contribution in [2.45, 2.75) is 31.5 Å². The van der Waals surface area contributed by atoms with Gasteiger partial charge in [-0.15, -0.1) is 0 Å². The van der Waals surface area contributed by atoms with Crippen molar-refractivity contribution in [1.29, 1.82) is 0 Å². The van der Waals surface area contributed by atoms with E-state index in [0.29, 0.717) is 24.3 Å². The molecular formula is C18H22N2O4. The molecule has 5 atom stereocenters. The van der Waals surface area contributed by atoms with Crippen molar-refractivity contribution >= 4 is 12.0 Å². The third-order valence-electron chi connectivity index (χ3n) is 5.99. The average Bonchev–Trinajstić information content (AvgIpc) is 3.20. The lowest BCUT2D eigenvalue weighted by molar-refractivity contribution is 0.0189. The second-order valence-corrected chi connectivity index (χ2v) is 7.16. The molecule has 128 valence electrons. The Morgan fingerprint density at radius 1 is 1.25 bits per heavy atom. The van der Waals surface area contributed by atoms with Gasteiger partial charge in [0.05, 0.1) is 17.7 Å². The van der Waals surface area contributed by atoms with Gasteiger partial charge in [0.15, 0.2) is 0 Å². The van der Waals surface area contributed by atoms with Gasteiger partial charge in [-0.05, 0) is 48.3 Å². The van der Waals surface area contributed by atoms with Crippen LogP contribution < -0.4 is 5.32 Å². The Kier molecular flexibility index (Phi) is 3.72. The van der Waals surface area contributed by atoms with E-state index < -0.39 is 5.97 Å². The molecule has 0 spiro atoms. The summed E-state index contributed by atoms with van der Waals surface area (Å²) in [6.07, 6.45) is 2.54. The van der Waals surface area contributed by atoms with Crippen LogP contribution in [0.1, 0.15) is 28.8 Å². The SMILES string of the molecule is COC1C2CC3CN(C(=O)NCc4ccc(C(=O)O)cc4)C1C3C2. The predicted molar refractivity (Wildman–Crippen MR) is 86.6 cm³/mol. The Balaban J connectivity index is 1.39. The number of rotatable bonds is 4. The van der Waals surface area contributed by atoms with Gasteiger partial charge in [-0.2, -0.15) is 0 Å². The summed E-state index contributed by atoms with van der Waals surface area (Å²) in [4.78, 5) is 25.5. The highest BCUT2D eigenvalue weighted by atomic mass is 16.5. The number of aromatic carboxylic acids is 1. The first-order chi connectivity index (χ1) is 11.6. The number of carbonyl (C=O) groups excluding carboxylic acids is 1. The number of carboxylic acid groups (broad SMARTS) is 1. The van der Waals surface area contributed by atoms with E-state index in [0.717, 1.165) is 12.1 Å². The first-order valence-electron chi connectivity index (χ1n) is 8.48. The van der Waals surface area contributed by atoms with Gasteiger partial charge in [-0.25, -0.2) is 9.59 Å². The molecule has 5 unspecified atom stereocenters. The molecule has 1 heterocycles. The Morgan fingerprint density at radius 2 is 2.00 bits per heavy atom. The van der Waals surface area contributed by atoms with Crippen LogP contribution in [0.4, 0.5) is 4.79 Å². The molecule has 6 nitrogen and oxygen atoms in total. The lowest BCUT2D eigenvalue weighted by atomic mass is 9.88. The summed E-state index contributed by atoms with van der Waals surface area (Å²) < 4.78 is 5.68. The zero-order valence-corrected chi connectivity index (χ0v) is 13.6. The van der Waals surface area contributed by atoms with Crippen LogP contribution in [-0.2, 0) is 11.3 Å². The molecule has 2 amide bonds. The molecule has 0 aromatic heterocycles. The molecule has 2 bridgehead atoms. The first-order valence-corrected chi connectivity index (χ1v) is 8.48. The number of hydrogen-bond donors (Lipinski definition) is 2. The highest BCUT2D eigenvalue weighted by molar-refractivity contribution is 5.87. The largest absolute Gasteiger partial charge is 0.478 e. The zero-order valence-electron chi connectivity index (χ0n) is 13.6. The van der Waals surface area contributed by atoms with E-state index in [1.807, 2.05) is 4.90 Å². The number of nitrogens with one attached hydrogen (secondary N) is 1. The summed E-state index contributed by atoms with van der Waals surface area (Å²) in [7, 11) is 1.75. The van der Waals surface area contributed by atoms with E-state index in [9.17, 15) is 9.59 Å². The van der Waals surface area contributed by atoms with E-state index in [-0.39, 0.29) is 23.7 Å². The molecule has 3 aliphatic rings. The summed E-state index contributed by atoms with van der Waals surface area (Å²) in [5.74, 6) is 0.892. The monoisotopic (exact) mass is 330 g/mol. The van der Waals surface area contributed by atoms with Crippen LogP contribution in [0.3, 0.4) is 0 Å². The third-order valence-corrected chi connectivity index (χ3v) is 5.99. The number of methoxy groups -OCH3 is 1. The Hall–Kier alpha value is -2.08. The summed E-state index contributed by atoms with van der Waals surface area (Å²) in [6.45, 7) is 1.23. The third kappa shape index (κ3) is 2.36. The number of likely N-dealkylation sites (tertiary alicyclic amines) is 1. The standard InChI is InChI=1S/C18H22N2O4/c1-24-16-12-6-13-9-20(15(16)14(13)7-12)18(23)19-8-10-2-4-11(5-3-10)17(21)22/h2-5,12-16H,6-9H2,1H3,(H,19,23)(H,21,22). The van der Waals surface area contributed by atoms with E-state index in [1.54, 1.807) is 31.4 Å². The molecule has 1 saturated heterocycles. The quantitative estimate of drug-likeness (QED) is 0.884. The summed E-state index contributed by atoms with van der Waals surface area (Å²) in [5.41, 5.74) is 1.14. The van der Waals surface area contributed by atoms with E-state index >= 15 is 0 Å². The molecule has 24 heavy (non-hydrogen) atoms. The van der Waals surface area contributed by atoms with Gasteiger partial charge in [0.1, 0.15) is 0 Å². The van der Waals surface area contributed by atoms with Gasteiger partial charge in [0.25, 0.3) is 0 Å². The van der Waals surface area contributed by atoms with Crippen molar-refractivity contribution in [2.75, 3.05) is 13.7 Å². The van der Waals surface area contributed by atoms with Gasteiger partial charge in [0, 0.05) is 20.2 Å². The number of benzene rings is 1. The minimum absolute atomic E-state index is 0.0422. The summed E-state index contributed by atoms with van der Waals surface area (Å²) in [5, 5.41) is 11.9. The number of ether oxygens (including phenoxy) is 1. The van der Waals surface area contributed by atoms with E-state index in [4.69, 9.17) is 9.84 Å². The minimum atomic E-state index is -0.945. The van der Waals surface area contributed by atoms with Crippen molar-refractivity contribution in [1.82, 2.24) is 10.2 Å². The van der Waals surface area contributed by atoms with Crippen molar-refractivity contribution < 1.29 is 19.4 Å². The molecule has 1 aromatic rings. The van der Waals surface area contributed by atoms with E-state index in [1.165, 1.54) is 12.8 Å². The van der Waals surface area contributed by atoms with Gasteiger partial charge >= 0.3 is 12.0 Å². The molecule has 4 rings (SSSR count).